The van der Waals surface area contributed by atoms with Crippen molar-refractivity contribution >= 4 is 17.9 Å². The fraction of sp³-hybridized carbons (Fsp3) is 0.836. The molecule has 0 aromatic heterocycles. The van der Waals surface area contributed by atoms with Gasteiger partial charge in [-0.3, -0.25) is 14.4 Å². The highest BCUT2D eigenvalue weighted by Crippen LogP contribution is 2.17. The topological polar surface area (TPSA) is 78.9 Å². The van der Waals surface area contributed by atoms with Crippen LogP contribution in [0.3, 0.4) is 0 Å². The summed E-state index contributed by atoms with van der Waals surface area (Å²) in [5, 5.41) is 0. The Morgan fingerprint density at radius 2 is 0.639 bits per heavy atom. The lowest BCUT2D eigenvalue weighted by Gasteiger charge is -2.18. The molecule has 0 saturated carbocycles. The van der Waals surface area contributed by atoms with Gasteiger partial charge in [-0.1, -0.05) is 263 Å². The average molecular weight is 857 g/mol. The monoisotopic (exact) mass is 857 g/mol. The maximum Gasteiger partial charge on any atom is 0.309 e. The highest BCUT2D eigenvalue weighted by molar-refractivity contribution is 5.72. The summed E-state index contributed by atoms with van der Waals surface area (Å²) < 4.78 is 16.7. The lowest BCUT2D eigenvalue weighted by Crippen LogP contribution is -2.30. The third-order valence-corrected chi connectivity index (χ3v) is 11.7. The Balaban J connectivity index is 4.29. The van der Waals surface area contributed by atoms with Crippen molar-refractivity contribution in [1.29, 1.82) is 0 Å². The van der Waals surface area contributed by atoms with Gasteiger partial charge in [0, 0.05) is 12.8 Å². The highest BCUT2D eigenvalue weighted by atomic mass is 16.6. The van der Waals surface area contributed by atoms with Crippen LogP contribution in [0.1, 0.15) is 278 Å². The lowest BCUT2D eigenvalue weighted by atomic mass is 10.0. The van der Waals surface area contributed by atoms with Crippen molar-refractivity contribution in [3.05, 3.63) is 36.5 Å². The Hall–Kier alpha value is -2.37. The molecule has 0 aliphatic heterocycles. The van der Waals surface area contributed by atoms with Gasteiger partial charge in [0.1, 0.15) is 13.2 Å². The highest BCUT2D eigenvalue weighted by Gasteiger charge is 2.19. The van der Waals surface area contributed by atoms with Gasteiger partial charge in [0.2, 0.25) is 0 Å². The molecule has 61 heavy (non-hydrogen) atoms. The normalized spacial score (nSPS) is 12.2. The van der Waals surface area contributed by atoms with Crippen molar-refractivity contribution in [3.63, 3.8) is 0 Å². The van der Waals surface area contributed by atoms with E-state index in [2.05, 4.69) is 45.1 Å². The van der Waals surface area contributed by atoms with Crippen molar-refractivity contribution < 1.29 is 28.6 Å². The van der Waals surface area contributed by atoms with Crippen molar-refractivity contribution in [2.45, 2.75) is 284 Å². The second-order valence-corrected chi connectivity index (χ2v) is 17.8. The van der Waals surface area contributed by atoms with Crippen LogP contribution in [0.4, 0.5) is 0 Å². The number of unbranched alkanes of at least 4 members (excludes halogenated alkanes) is 32. The van der Waals surface area contributed by atoms with Crippen molar-refractivity contribution in [3.8, 4) is 0 Å². The Labute approximate surface area is 378 Å². The number of esters is 3. The number of carbonyl (C=O) groups excluding carboxylic acids is 3. The van der Waals surface area contributed by atoms with Crippen molar-refractivity contribution in [2.24, 2.45) is 0 Å². The summed E-state index contributed by atoms with van der Waals surface area (Å²) in [5.74, 6) is -1.01. The fourth-order valence-corrected chi connectivity index (χ4v) is 7.74. The maximum absolute atomic E-state index is 12.8. The summed E-state index contributed by atoms with van der Waals surface area (Å²) in [7, 11) is 0. The van der Waals surface area contributed by atoms with Crippen LogP contribution >= 0.6 is 0 Å². The standard InChI is InChI=1S/C55H100O6/c1-4-7-10-13-16-19-21-23-25-27-29-31-33-36-39-42-45-48-54(57)60-51-52(50-59-53(56)47-44-41-38-35-18-15-12-9-6-3)61-55(58)49-46-43-40-37-34-32-30-28-26-24-22-20-17-14-11-8-5-2/h9,12,18,35,41,44,52H,4-8,10-11,13-17,19-34,36-40,42-43,45-51H2,1-3H3/b12-9-,35-18-,44-41-. The van der Waals surface area contributed by atoms with Gasteiger partial charge in [-0.05, 0) is 32.1 Å². The van der Waals surface area contributed by atoms with Gasteiger partial charge in [0.25, 0.3) is 0 Å². The number of rotatable bonds is 48. The van der Waals surface area contributed by atoms with Crippen LogP contribution in [-0.4, -0.2) is 37.2 Å². The predicted octanol–water partition coefficient (Wildman–Crippen LogP) is 17.3. The number of allylic oxidation sites excluding steroid dienone is 5. The Morgan fingerprint density at radius 3 is 1.00 bits per heavy atom. The Morgan fingerprint density at radius 1 is 0.344 bits per heavy atom. The third-order valence-electron chi connectivity index (χ3n) is 11.7. The Kier molecular flexibility index (Phi) is 48.3. The van der Waals surface area contributed by atoms with Gasteiger partial charge >= 0.3 is 17.9 Å². The van der Waals surface area contributed by atoms with E-state index >= 15 is 0 Å². The van der Waals surface area contributed by atoms with Crippen LogP contribution < -0.4 is 0 Å². The molecule has 0 spiro atoms. The quantitative estimate of drug-likeness (QED) is 0.0262. The number of hydrogen-bond donors (Lipinski definition) is 0. The fourth-order valence-electron chi connectivity index (χ4n) is 7.74. The summed E-state index contributed by atoms with van der Waals surface area (Å²) in [6.45, 7) is 6.46. The first kappa shape index (κ1) is 58.6. The molecule has 0 aliphatic carbocycles. The van der Waals surface area contributed by atoms with E-state index < -0.39 is 12.1 Å². The number of hydrogen-bond acceptors (Lipinski definition) is 6. The number of carbonyl (C=O) groups is 3. The summed E-state index contributed by atoms with van der Waals surface area (Å²) >= 11 is 0. The molecule has 356 valence electrons. The molecule has 0 N–H and O–H groups in total. The van der Waals surface area contributed by atoms with Gasteiger partial charge in [-0.2, -0.15) is 0 Å². The van der Waals surface area contributed by atoms with E-state index in [1.807, 2.05) is 6.08 Å². The molecular formula is C55H100O6. The van der Waals surface area contributed by atoms with Crippen molar-refractivity contribution in [2.75, 3.05) is 13.2 Å². The molecule has 1 atom stereocenters. The molecule has 6 nitrogen and oxygen atoms in total. The van der Waals surface area contributed by atoms with Crippen LogP contribution in [0, 0.1) is 0 Å². The first-order valence-electron chi connectivity index (χ1n) is 26.5. The molecule has 0 fully saturated rings. The van der Waals surface area contributed by atoms with E-state index in [1.165, 1.54) is 180 Å². The third kappa shape index (κ3) is 48.5. The molecule has 0 aliphatic rings. The molecule has 6 heteroatoms. The smallest absolute Gasteiger partial charge is 0.309 e. The first-order chi connectivity index (χ1) is 30.0. The van der Waals surface area contributed by atoms with Gasteiger partial charge in [-0.15, -0.1) is 0 Å². The van der Waals surface area contributed by atoms with E-state index in [0.29, 0.717) is 12.8 Å². The van der Waals surface area contributed by atoms with E-state index in [0.717, 1.165) is 57.8 Å². The number of ether oxygens (including phenoxy) is 3. The molecule has 0 heterocycles. The van der Waals surface area contributed by atoms with Crippen LogP contribution in [0.5, 0.6) is 0 Å². The van der Waals surface area contributed by atoms with E-state index in [-0.39, 0.29) is 31.6 Å². The van der Waals surface area contributed by atoms with E-state index in [4.69, 9.17) is 14.2 Å². The summed E-state index contributed by atoms with van der Waals surface area (Å²) in [5.41, 5.74) is 0. The van der Waals surface area contributed by atoms with E-state index in [1.54, 1.807) is 6.08 Å². The minimum absolute atomic E-state index is 0.0943. The minimum Gasteiger partial charge on any atom is -0.462 e. The summed E-state index contributed by atoms with van der Waals surface area (Å²) in [4.78, 5) is 37.8. The maximum atomic E-state index is 12.8. The molecule has 0 aromatic rings. The first-order valence-corrected chi connectivity index (χ1v) is 26.5. The zero-order chi connectivity index (χ0) is 44.4. The molecule has 0 saturated heterocycles. The molecule has 0 radical (unpaired) electrons. The van der Waals surface area contributed by atoms with Gasteiger partial charge in [0.05, 0.1) is 6.42 Å². The van der Waals surface area contributed by atoms with Crippen molar-refractivity contribution in [1.82, 2.24) is 0 Å². The minimum atomic E-state index is -0.801. The largest absolute Gasteiger partial charge is 0.462 e. The second kappa shape index (κ2) is 50.3. The molecular weight excluding hydrogens is 757 g/mol. The molecule has 0 aromatic carbocycles. The van der Waals surface area contributed by atoms with Crippen LogP contribution in [0.25, 0.3) is 0 Å². The van der Waals surface area contributed by atoms with Gasteiger partial charge in [-0.25, -0.2) is 0 Å². The van der Waals surface area contributed by atoms with Gasteiger partial charge in [0.15, 0.2) is 6.10 Å². The van der Waals surface area contributed by atoms with Crippen LogP contribution in [-0.2, 0) is 28.6 Å². The summed E-state index contributed by atoms with van der Waals surface area (Å²) in [6, 6.07) is 0. The SMILES string of the molecule is CC/C=C\C/C=C\C/C=C\CC(=O)OCC(COC(=O)CCCCCCCCCCCCCCCCCCC)OC(=O)CCCCCCCCCCCCCCCCCCC. The second-order valence-electron chi connectivity index (χ2n) is 17.8. The summed E-state index contributed by atoms with van der Waals surface area (Å²) in [6.07, 6.45) is 58.9. The predicted molar refractivity (Wildman–Crippen MR) is 261 cm³/mol. The average Bonchev–Trinajstić information content (AvgIpc) is 3.26. The van der Waals surface area contributed by atoms with Gasteiger partial charge < -0.3 is 14.2 Å². The molecule has 1 unspecified atom stereocenters. The van der Waals surface area contributed by atoms with Crippen LogP contribution in [0.15, 0.2) is 36.5 Å². The van der Waals surface area contributed by atoms with E-state index in [9.17, 15) is 14.4 Å². The molecule has 0 bridgehead atoms. The molecule has 0 rings (SSSR count). The Bertz CT molecular complexity index is 1030. The molecule has 0 amide bonds. The zero-order valence-electron chi connectivity index (χ0n) is 40.7. The van der Waals surface area contributed by atoms with Crippen LogP contribution in [0.2, 0.25) is 0 Å². The zero-order valence-corrected chi connectivity index (χ0v) is 40.7. The lowest BCUT2D eigenvalue weighted by molar-refractivity contribution is -0.166.